The lowest BCUT2D eigenvalue weighted by atomic mass is 10.0. The van der Waals surface area contributed by atoms with Gasteiger partial charge in [-0.25, -0.2) is 4.79 Å². The Balaban J connectivity index is 2.84. The average molecular weight is 222 g/mol. The van der Waals surface area contributed by atoms with Crippen molar-refractivity contribution in [1.82, 2.24) is 0 Å². The van der Waals surface area contributed by atoms with Gasteiger partial charge in [-0.05, 0) is 32.4 Å². The third kappa shape index (κ3) is 2.75. The Bertz CT molecular complexity index is 356. The minimum atomic E-state index is -0.913. The molecule has 0 bridgehead atoms. The first-order valence-corrected chi connectivity index (χ1v) is 5.36. The van der Waals surface area contributed by atoms with Crippen molar-refractivity contribution in [2.24, 2.45) is 0 Å². The monoisotopic (exact) mass is 222 g/mol. The first kappa shape index (κ1) is 12.6. The van der Waals surface area contributed by atoms with Gasteiger partial charge in [0.15, 0.2) is 0 Å². The second kappa shape index (κ2) is 5.01. The number of carbonyl (C=O) groups excluding carboxylic acids is 1. The predicted octanol–water partition coefficient (Wildman–Crippen LogP) is 2.72. The molecular weight excluding hydrogens is 204 g/mol. The Morgan fingerprint density at radius 1 is 1.31 bits per heavy atom. The lowest BCUT2D eigenvalue weighted by Crippen LogP contribution is -2.41. The molecule has 1 atom stereocenters. The van der Waals surface area contributed by atoms with Crippen LogP contribution in [0, 0.1) is 6.92 Å². The summed E-state index contributed by atoms with van der Waals surface area (Å²) in [5.41, 5.74) is 0.243. The first-order chi connectivity index (χ1) is 7.51. The van der Waals surface area contributed by atoms with Crippen LogP contribution in [0.2, 0.25) is 0 Å². The highest BCUT2D eigenvalue weighted by atomic mass is 16.6. The zero-order valence-electron chi connectivity index (χ0n) is 10.2. The normalized spacial score (nSPS) is 14.0. The summed E-state index contributed by atoms with van der Waals surface area (Å²) < 4.78 is 10.4. The van der Waals surface area contributed by atoms with Gasteiger partial charge in [-0.15, -0.1) is 0 Å². The first-order valence-electron chi connectivity index (χ1n) is 5.36. The van der Waals surface area contributed by atoms with Crippen molar-refractivity contribution in [3.63, 3.8) is 0 Å². The van der Waals surface area contributed by atoms with Gasteiger partial charge < -0.3 is 9.47 Å². The van der Waals surface area contributed by atoms with E-state index in [1.54, 1.807) is 6.92 Å². The molecule has 0 amide bonds. The molecule has 0 aromatic heterocycles. The minimum Gasteiger partial charge on any atom is -0.476 e. The molecule has 0 radical (unpaired) electrons. The van der Waals surface area contributed by atoms with E-state index in [1.165, 1.54) is 7.11 Å². The molecule has 88 valence electrons. The largest absolute Gasteiger partial charge is 0.476 e. The van der Waals surface area contributed by atoms with Crippen LogP contribution in [-0.4, -0.2) is 18.7 Å². The molecular formula is C13H18O3. The fourth-order valence-corrected chi connectivity index (χ4v) is 1.34. The van der Waals surface area contributed by atoms with Crippen molar-refractivity contribution < 1.29 is 14.3 Å². The highest BCUT2D eigenvalue weighted by Crippen LogP contribution is 2.22. The summed E-state index contributed by atoms with van der Waals surface area (Å²) in [5, 5.41) is 0. The summed E-state index contributed by atoms with van der Waals surface area (Å²) in [7, 11) is 1.37. The highest BCUT2D eigenvalue weighted by molar-refractivity contribution is 5.79. The van der Waals surface area contributed by atoms with Crippen LogP contribution >= 0.6 is 0 Å². The molecule has 0 spiro atoms. The molecule has 1 unspecified atom stereocenters. The molecule has 0 aliphatic rings. The van der Waals surface area contributed by atoms with Crippen molar-refractivity contribution in [3.05, 3.63) is 29.8 Å². The molecule has 16 heavy (non-hydrogen) atoms. The Hall–Kier alpha value is -1.51. The van der Waals surface area contributed by atoms with Crippen molar-refractivity contribution in [2.75, 3.05) is 7.11 Å². The zero-order valence-corrected chi connectivity index (χ0v) is 10.2. The van der Waals surface area contributed by atoms with Crippen LogP contribution in [0.3, 0.4) is 0 Å². The van der Waals surface area contributed by atoms with Gasteiger partial charge in [0.2, 0.25) is 5.60 Å². The lowest BCUT2D eigenvalue weighted by Gasteiger charge is -2.26. The molecule has 0 saturated heterocycles. The van der Waals surface area contributed by atoms with Crippen LogP contribution < -0.4 is 4.74 Å². The Labute approximate surface area is 96.4 Å². The summed E-state index contributed by atoms with van der Waals surface area (Å²) >= 11 is 0. The fourth-order valence-electron chi connectivity index (χ4n) is 1.34. The average Bonchev–Trinajstić information content (AvgIpc) is 2.31. The van der Waals surface area contributed by atoms with Gasteiger partial charge in [0.1, 0.15) is 5.75 Å². The van der Waals surface area contributed by atoms with Gasteiger partial charge in [-0.2, -0.15) is 0 Å². The second-order valence-electron chi connectivity index (χ2n) is 3.99. The van der Waals surface area contributed by atoms with E-state index in [-0.39, 0.29) is 5.97 Å². The summed E-state index contributed by atoms with van der Waals surface area (Å²) in [6.07, 6.45) is 0.563. The van der Waals surface area contributed by atoms with Gasteiger partial charge in [0, 0.05) is 0 Å². The number of esters is 1. The van der Waals surface area contributed by atoms with Gasteiger partial charge in [0.05, 0.1) is 7.11 Å². The Morgan fingerprint density at radius 2 is 1.88 bits per heavy atom. The maximum Gasteiger partial charge on any atom is 0.349 e. The van der Waals surface area contributed by atoms with Crippen LogP contribution in [-0.2, 0) is 9.53 Å². The quantitative estimate of drug-likeness (QED) is 0.735. The standard InChI is InChI=1S/C13H18O3/c1-5-13(3,12(14)15-4)16-11-8-6-10(2)7-9-11/h6-9H,5H2,1-4H3. The van der Waals surface area contributed by atoms with E-state index in [4.69, 9.17) is 9.47 Å². The number of carbonyl (C=O) groups is 1. The molecule has 0 aliphatic heterocycles. The van der Waals surface area contributed by atoms with Crippen molar-refractivity contribution in [2.45, 2.75) is 32.8 Å². The van der Waals surface area contributed by atoms with Crippen LogP contribution in [0.1, 0.15) is 25.8 Å². The van der Waals surface area contributed by atoms with Gasteiger partial charge in [0.25, 0.3) is 0 Å². The second-order valence-corrected chi connectivity index (χ2v) is 3.99. The number of hydrogen-bond acceptors (Lipinski definition) is 3. The van der Waals surface area contributed by atoms with E-state index in [1.807, 2.05) is 38.1 Å². The molecule has 3 heteroatoms. The zero-order chi connectivity index (χ0) is 12.2. The number of benzene rings is 1. The van der Waals surface area contributed by atoms with Gasteiger partial charge in [-0.3, -0.25) is 0 Å². The van der Waals surface area contributed by atoms with E-state index in [0.29, 0.717) is 12.2 Å². The summed E-state index contributed by atoms with van der Waals surface area (Å²) in [5.74, 6) is 0.330. The predicted molar refractivity (Wildman–Crippen MR) is 62.5 cm³/mol. The molecule has 0 saturated carbocycles. The summed E-state index contributed by atoms with van der Waals surface area (Å²) in [6.45, 7) is 5.63. The lowest BCUT2D eigenvalue weighted by molar-refractivity contribution is -0.157. The van der Waals surface area contributed by atoms with Crippen molar-refractivity contribution in [3.8, 4) is 5.75 Å². The number of rotatable bonds is 4. The maximum absolute atomic E-state index is 11.6. The molecule has 1 rings (SSSR count). The molecule has 1 aromatic rings. The molecule has 0 aliphatic carbocycles. The Morgan fingerprint density at radius 3 is 2.31 bits per heavy atom. The topological polar surface area (TPSA) is 35.5 Å². The van der Waals surface area contributed by atoms with Crippen LogP contribution in [0.15, 0.2) is 24.3 Å². The van der Waals surface area contributed by atoms with Crippen LogP contribution in [0.5, 0.6) is 5.75 Å². The third-order valence-electron chi connectivity index (χ3n) is 2.66. The fraction of sp³-hybridized carbons (Fsp3) is 0.462. The summed E-state index contributed by atoms with van der Waals surface area (Å²) in [4.78, 5) is 11.6. The van der Waals surface area contributed by atoms with E-state index >= 15 is 0 Å². The van der Waals surface area contributed by atoms with Crippen LogP contribution in [0.25, 0.3) is 0 Å². The van der Waals surface area contributed by atoms with E-state index < -0.39 is 5.60 Å². The highest BCUT2D eigenvalue weighted by Gasteiger charge is 2.34. The molecule has 3 nitrogen and oxygen atoms in total. The number of ether oxygens (including phenoxy) is 2. The maximum atomic E-state index is 11.6. The Kier molecular flexibility index (Phi) is 3.93. The van der Waals surface area contributed by atoms with E-state index in [0.717, 1.165) is 5.56 Å². The van der Waals surface area contributed by atoms with Crippen molar-refractivity contribution in [1.29, 1.82) is 0 Å². The number of methoxy groups -OCH3 is 1. The smallest absolute Gasteiger partial charge is 0.349 e. The molecule has 0 fully saturated rings. The minimum absolute atomic E-state index is 0.351. The third-order valence-corrected chi connectivity index (χ3v) is 2.66. The van der Waals surface area contributed by atoms with Gasteiger partial charge >= 0.3 is 5.97 Å². The van der Waals surface area contributed by atoms with Gasteiger partial charge in [-0.1, -0.05) is 24.6 Å². The molecule has 1 aromatic carbocycles. The molecule has 0 N–H and O–H groups in total. The number of aryl methyl sites for hydroxylation is 1. The molecule has 0 heterocycles. The number of hydrogen-bond donors (Lipinski definition) is 0. The van der Waals surface area contributed by atoms with E-state index in [2.05, 4.69) is 0 Å². The summed E-state index contributed by atoms with van der Waals surface area (Å²) in [6, 6.07) is 7.60. The van der Waals surface area contributed by atoms with E-state index in [9.17, 15) is 4.79 Å². The van der Waals surface area contributed by atoms with Crippen molar-refractivity contribution >= 4 is 5.97 Å². The SMILES string of the molecule is CCC(C)(Oc1ccc(C)cc1)C(=O)OC. The van der Waals surface area contributed by atoms with Crippen LogP contribution in [0.4, 0.5) is 0 Å².